The van der Waals surface area contributed by atoms with Crippen molar-refractivity contribution in [2.24, 2.45) is 0 Å². The molecule has 0 aliphatic carbocycles. The van der Waals surface area contributed by atoms with Gasteiger partial charge in [0.25, 0.3) is 0 Å². The third-order valence-electron chi connectivity index (χ3n) is 2.23. The molecule has 2 rings (SSSR count). The Kier molecular flexibility index (Phi) is 3.38. The van der Waals surface area contributed by atoms with Crippen molar-refractivity contribution in [3.63, 3.8) is 0 Å². The number of nitrogens with zero attached hydrogens (tertiary/aromatic N) is 3. The van der Waals surface area contributed by atoms with E-state index in [1.54, 1.807) is 23.6 Å². The van der Waals surface area contributed by atoms with Crippen LogP contribution in [0.2, 0.25) is 0 Å². The van der Waals surface area contributed by atoms with Crippen molar-refractivity contribution in [3.05, 3.63) is 22.7 Å². The minimum absolute atomic E-state index is 0.175. The number of nitrogens with one attached hydrogen (secondary N) is 1. The van der Waals surface area contributed by atoms with Crippen LogP contribution in [0.15, 0.2) is 17.6 Å². The molecule has 6 nitrogen and oxygen atoms in total. The van der Waals surface area contributed by atoms with Crippen LogP contribution in [-0.2, 0) is 0 Å². The number of hydrogen-bond donors (Lipinski definition) is 3. The zero-order valence-electron chi connectivity index (χ0n) is 9.42. The minimum atomic E-state index is 0.175. The van der Waals surface area contributed by atoms with Crippen LogP contribution >= 0.6 is 11.3 Å². The molecule has 0 saturated heterocycles. The van der Waals surface area contributed by atoms with E-state index in [-0.39, 0.29) is 5.95 Å². The van der Waals surface area contributed by atoms with Gasteiger partial charge in [-0.3, -0.25) is 0 Å². The molecule has 5 N–H and O–H groups in total. The lowest BCUT2D eigenvalue weighted by Crippen LogP contribution is -2.12. The van der Waals surface area contributed by atoms with Crippen LogP contribution < -0.4 is 16.8 Å². The number of nitrogen functional groups attached to an aromatic ring is 2. The summed E-state index contributed by atoms with van der Waals surface area (Å²) in [6.45, 7) is 2.82. The average Bonchev–Trinajstić information content (AvgIpc) is 2.78. The van der Waals surface area contributed by atoms with Crippen LogP contribution in [0.3, 0.4) is 0 Å². The zero-order valence-corrected chi connectivity index (χ0v) is 10.2. The second kappa shape index (κ2) is 4.96. The van der Waals surface area contributed by atoms with Gasteiger partial charge < -0.3 is 16.8 Å². The van der Waals surface area contributed by atoms with Gasteiger partial charge in [-0.05, 0) is 0 Å². The fourth-order valence-electron chi connectivity index (χ4n) is 1.40. The Bertz CT molecular complexity index is 463. The predicted molar refractivity (Wildman–Crippen MR) is 69.9 cm³/mol. The van der Waals surface area contributed by atoms with Crippen molar-refractivity contribution in [2.45, 2.75) is 12.8 Å². The van der Waals surface area contributed by atoms with Gasteiger partial charge in [0.05, 0.1) is 5.01 Å². The molecule has 0 aromatic carbocycles. The number of aromatic nitrogens is 3. The first-order chi connectivity index (χ1) is 8.15. The summed E-state index contributed by atoms with van der Waals surface area (Å²) in [6, 6.07) is 1.66. The Labute approximate surface area is 103 Å². The average molecular weight is 250 g/mol. The van der Waals surface area contributed by atoms with Gasteiger partial charge in [-0.1, -0.05) is 6.92 Å². The van der Waals surface area contributed by atoms with Crippen molar-refractivity contribution in [1.29, 1.82) is 0 Å². The highest BCUT2D eigenvalue weighted by molar-refractivity contribution is 7.09. The number of anilines is 3. The summed E-state index contributed by atoms with van der Waals surface area (Å²) in [4.78, 5) is 12.1. The maximum absolute atomic E-state index is 5.58. The molecule has 2 heterocycles. The van der Waals surface area contributed by atoms with Crippen LogP contribution in [0.1, 0.15) is 17.8 Å². The predicted octanol–water partition coefficient (Wildman–Crippen LogP) is 1.31. The molecule has 0 spiro atoms. The Balaban J connectivity index is 1.98. The van der Waals surface area contributed by atoms with Crippen LogP contribution in [0, 0.1) is 0 Å². The molecule has 0 aliphatic rings. The summed E-state index contributed by atoms with van der Waals surface area (Å²) in [5.74, 6) is 1.49. The highest BCUT2D eigenvalue weighted by Gasteiger charge is 2.08. The van der Waals surface area contributed by atoms with E-state index in [0.29, 0.717) is 17.6 Å². The number of hydrogen-bond acceptors (Lipinski definition) is 7. The minimum Gasteiger partial charge on any atom is -0.383 e. The molecule has 1 unspecified atom stereocenters. The van der Waals surface area contributed by atoms with E-state index in [4.69, 9.17) is 11.5 Å². The van der Waals surface area contributed by atoms with Crippen molar-refractivity contribution in [3.8, 4) is 0 Å². The molecule has 0 amide bonds. The highest BCUT2D eigenvalue weighted by Crippen LogP contribution is 2.18. The molecule has 90 valence electrons. The van der Waals surface area contributed by atoms with Crippen LogP contribution in [0.4, 0.5) is 17.6 Å². The summed E-state index contributed by atoms with van der Waals surface area (Å²) >= 11 is 1.64. The van der Waals surface area contributed by atoms with E-state index in [2.05, 4.69) is 27.2 Å². The smallest absolute Gasteiger partial charge is 0.223 e. The second-order valence-electron chi connectivity index (χ2n) is 3.69. The van der Waals surface area contributed by atoms with E-state index in [9.17, 15) is 0 Å². The topological polar surface area (TPSA) is 103 Å². The number of thiazole rings is 1. The molecule has 0 aliphatic heterocycles. The lowest BCUT2D eigenvalue weighted by atomic mass is 10.2. The summed E-state index contributed by atoms with van der Waals surface area (Å²) in [6.07, 6.45) is 1.80. The van der Waals surface area contributed by atoms with Crippen LogP contribution in [0.5, 0.6) is 0 Å². The molecule has 1 atom stereocenters. The maximum Gasteiger partial charge on any atom is 0.223 e. The molecule has 2 aromatic heterocycles. The van der Waals surface area contributed by atoms with Gasteiger partial charge in [0.15, 0.2) is 0 Å². The Morgan fingerprint density at radius 1 is 1.41 bits per heavy atom. The molecule has 0 radical (unpaired) electrons. The fourth-order valence-corrected chi connectivity index (χ4v) is 2.10. The first-order valence-electron chi connectivity index (χ1n) is 5.18. The van der Waals surface area contributed by atoms with Crippen molar-refractivity contribution in [2.75, 3.05) is 23.3 Å². The van der Waals surface area contributed by atoms with Crippen molar-refractivity contribution < 1.29 is 0 Å². The monoisotopic (exact) mass is 250 g/mol. The van der Waals surface area contributed by atoms with Gasteiger partial charge in [0.1, 0.15) is 11.6 Å². The molecule has 0 fully saturated rings. The van der Waals surface area contributed by atoms with Gasteiger partial charge in [0, 0.05) is 30.1 Å². The lowest BCUT2D eigenvalue weighted by molar-refractivity contribution is 0.792. The van der Waals surface area contributed by atoms with Gasteiger partial charge >= 0.3 is 0 Å². The van der Waals surface area contributed by atoms with Crippen molar-refractivity contribution >= 4 is 28.9 Å². The molecule has 2 aromatic rings. The quantitative estimate of drug-likeness (QED) is 0.756. The van der Waals surface area contributed by atoms with E-state index in [1.165, 1.54) is 0 Å². The van der Waals surface area contributed by atoms with Gasteiger partial charge in [-0.25, -0.2) is 4.98 Å². The SMILES string of the molecule is CC(CNc1cc(N)nc(N)n1)c1nccs1. The van der Waals surface area contributed by atoms with E-state index in [1.807, 2.05) is 5.38 Å². The summed E-state index contributed by atoms with van der Waals surface area (Å²) in [7, 11) is 0. The first-order valence-corrected chi connectivity index (χ1v) is 6.06. The normalized spacial score (nSPS) is 12.3. The van der Waals surface area contributed by atoms with E-state index >= 15 is 0 Å². The highest BCUT2D eigenvalue weighted by atomic mass is 32.1. The molecule has 17 heavy (non-hydrogen) atoms. The second-order valence-corrected chi connectivity index (χ2v) is 4.61. The van der Waals surface area contributed by atoms with E-state index < -0.39 is 0 Å². The van der Waals surface area contributed by atoms with Crippen molar-refractivity contribution in [1.82, 2.24) is 15.0 Å². The fraction of sp³-hybridized carbons (Fsp3) is 0.300. The Hall–Kier alpha value is -1.89. The zero-order chi connectivity index (χ0) is 12.3. The summed E-state index contributed by atoms with van der Waals surface area (Å²) in [5, 5.41) is 6.22. The summed E-state index contributed by atoms with van der Waals surface area (Å²) in [5.41, 5.74) is 11.1. The standard InChI is InChI=1S/C10H14N6S/c1-6(9-13-2-3-17-9)5-14-8-4-7(11)15-10(12)16-8/h2-4,6H,5H2,1H3,(H5,11,12,14,15,16). The molecule has 0 bridgehead atoms. The van der Waals surface area contributed by atoms with E-state index in [0.717, 1.165) is 11.6 Å². The van der Waals surface area contributed by atoms with Gasteiger partial charge in [-0.2, -0.15) is 9.97 Å². The third-order valence-corrected chi connectivity index (χ3v) is 3.23. The number of nitrogens with two attached hydrogens (primary N) is 2. The molecule has 7 heteroatoms. The van der Waals surface area contributed by atoms with Crippen LogP contribution in [-0.4, -0.2) is 21.5 Å². The molecular weight excluding hydrogens is 236 g/mol. The van der Waals surface area contributed by atoms with Gasteiger partial charge in [0.2, 0.25) is 5.95 Å². The molecule has 0 saturated carbocycles. The number of rotatable bonds is 4. The Morgan fingerprint density at radius 3 is 2.88 bits per heavy atom. The third kappa shape index (κ3) is 3.04. The first kappa shape index (κ1) is 11.6. The van der Waals surface area contributed by atoms with Gasteiger partial charge in [-0.15, -0.1) is 11.3 Å². The Morgan fingerprint density at radius 2 is 2.24 bits per heavy atom. The largest absolute Gasteiger partial charge is 0.383 e. The lowest BCUT2D eigenvalue weighted by Gasteiger charge is -2.11. The summed E-state index contributed by atoms with van der Waals surface area (Å²) < 4.78 is 0. The molecular formula is C10H14N6S. The maximum atomic E-state index is 5.58. The van der Waals surface area contributed by atoms with Crippen LogP contribution in [0.25, 0.3) is 0 Å².